The molecule has 0 aliphatic rings. The van der Waals surface area contributed by atoms with Gasteiger partial charge in [0.2, 0.25) is 5.91 Å². The van der Waals surface area contributed by atoms with Crippen molar-refractivity contribution in [3.63, 3.8) is 0 Å². The third-order valence-electron chi connectivity index (χ3n) is 3.82. The van der Waals surface area contributed by atoms with Crippen LogP contribution < -0.4 is 10.6 Å². The van der Waals surface area contributed by atoms with Crippen LogP contribution in [0.1, 0.15) is 30.9 Å². The summed E-state index contributed by atoms with van der Waals surface area (Å²) in [7, 11) is 0. The average Bonchev–Trinajstić information content (AvgIpc) is 3.07. The van der Waals surface area contributed by atoms with E-state index in [2.05, 4.69) is 20.3 Å². The molecule has 0 atom stereocenters. The molecule has 1 aromatic heterocycles. The second-order valence-electron chi connectivity index (χ2n) is 5.90. The van der Waals surface area contributed by atoms with Crippen LogP contribution in [0.15, 0.2) is 35.1 Å². The topological polar surface area (TPSA) is 87.5 Å². The van der Waals surface area contributed by atoms with Crippen molar-refractivity contribution in [2.45, 2.75) is 33.6 Å². The smallest absolute Gasteiger partial charge is 0.322 e. The van der Waals surface area contributed by atoms with Gasteiger partial charge in [0.25, 0.3) is 0 Å². The van der Waals surface area contributed by atoms with Crippen LogP contribution in [-0.4, -0.2) is 35.1 Å². The minimum atomic E-state index is -0.318. The summed E-state index contributed by atoms with van der Waals surface area (Å²) in [5.41, 5.74) is 2.75. The van der Waals surface area contributed by atoms with E-state index in [4.69, 9.17) is 0 Å². The Balaban J connectivity index is 2.04. The minimum Gasteiger partial charge on any atom is -0.363 e. The van der Waals surface area contributed by atoms with E-state index in [0.717, 1.165) is 29.7 Å². The number of hydrogen-bond acceptors (Lipinski definition) is 4. The van der Waals surface area contributed by atoms with E-state index in [1.165, 1.54) is 11.2 Å². The molecule has 0 fully saturated rings. The largest absolute Gasteiger partial charge is 0.363 e. The number of nitrogens with zero attached hydrogens (tertiary/aromatic N) is 2. The highest BCUT2D eigenvalue weighted by Crippen LogP contribution is 2.20. The van der Waals surface area contributed by atoms with E-state index in [-0.39, 0.29) is 18.5 Å². The SMILES string of the molecule is CCCCN(CC(=O)Nc1ccon1)C(=O)Nc1c(C)cccc1C. The fourth-order valence-electron chi connectivity index (χ4n) is 2.43. The lowest BCUT2D eigenvalue weighted by atomic mass is 10.1. The number of urea groups is 1. The van der Waals surface area contributed by atoms with Gasteiger partial charge in [-0.15, -0.1) is 0 Å². The molecule has 0 aliphatic carbocycles. The predicted molar refractivity (Wildman–Crippen MR) is 96.5 cm³/mol. The molecule has 0 saturated heterocycles. The number of benzene rings is 1. The maximum Gasteiger partial charge on any atom is 0.322 e. The maximum atomic E-state index is 12.7. The van der Waals surface area contributed by atoms with Gasteiger partial charge in [0.1, 0.15) is 12.8 Å². The molecule has 3 amide bonds. The molecule has 0 aliphatic heterocycles. The van der Waals surface area contributed by atoms with Crippen molar-refractivity contribution in [2.24, 2.45) is 0 Å². The van der Waals surface area contributed by atoms with Crippen molar-refractivity contribution in [2.75, 3.05) is 23.7 Å². The Morgan fingerprint density at radius 3 is 2.48 bits per heavy atom. The number of aromatic nitrogens is 1. The van der Waals surface area contributed by atoms with E-state index >= 15 is 0 Å². The van der Waals surface area contributed by atoms with E-state index in [9.17, 15) is 9.59 Å². The monoisotopic (exact) mass is 344 g/mol. The van der Waals surface area contributed by atoms with Crippen LogP contribution in [0.25, 0.3) is 0 Å². The Hall–Kier alpha value is -2.83. The first-order valence-electron chi connectivity index (χ1n) is 8.33. The second-order valence-corrected chi connectivity index (χ2v) is 5.90. The summed E-state index contributed by atoms with van der Waals surface area (Å²) in [6.07, 6.45) is 3.12. The van der Waals surface area contributed by atoms with E-state index in [1.807, 2.05) is 39.0 Å². The maximum absolute atomic E-state index is 12.7. The number of hydrogen-bond donors (Lipinski definition) is 2. The molecule has 2 rings (SSSR count). The van der Waals surface area contributed by atoms with E-state index in [1.54, 1.807) is 6.07 Å². The lowest BCUT2D eigenvalue weighted by Gasteiger charge is -2.23. The van der Waals surface area contributed by atoms with Crippen molar-refractivity contribution in [1.29, 1.82) is 0 Å². The molecule has 25 heavy (non-hydrogen) atoms. The summed E-state index contributed by atoms with van der Waals surface area (Å²) in [4.78, 5) is 26.3. The third-order valence-corrected chi connectivity index (χ3v) is 3.82. The van der Waals surface area contributed by atoms with Crippen LogP contribution in [0, 0.1) is 13.8 Å². The summed E-state index contributed by atoms with van der Waals surface area (Å²) >= 11 is 0. The summed E-state index contributed by atoms with van der Waals surface area (Å²) in [5.74, 6) is 0.0113. The number of rotatable bonds is 7. The molecule has 1 aromatic carbocycles. The molecule has 0 spiro atoms. The van der Waals surface area contributed by atoms with Crippen LogP contribution in [-0.2, 0) is 4.79 Å². The van der Waals surface area contributed by atoms with Crippen molar-refractivity contribution in [3.05, 3.63) is 41.7 Å². The quantitative estimate of drug-likeness (QED) is 0.804. The van der Waals surface area contributed by atoms with Gasteiger partial charge in [-0.25, -0.2) is 4.79 Å². The zero-order chi connectivity index (χ0) is 18.2. The predicted octanol–water partition coefficient (Wildman–Crippen LogP) is 3.56. The Morgan fingerprint density at radius 1 is 1.16 bits per heavy atom. The first-order valence-corrected chi connectivity index (χ1v) is 8.33. The molecule has 0 bridgehead atoms. The number of unbranched alkanes of at least 4 members (excludes halogenated alkanes) is 1. The van der Waals surface area contributed by atoms with E-state index < -0.39 is 0 Å². The molecule has 1 heterocycles. The number of nitrogens with one attached hydrogen (secondary N) is 2. The van der Waals surface area contributed by atoms with Gasteiger partial charge in [-0.1, -0.05) is 36.7 Å². The van der Waals surface area contributed by atoms with Gasteiger partial charge >= 0.3 is 6.03 Å². The Labute approximate surface area is 147 Å². The van der Waals surface area contributed by atoms with Gasteiger partial charge in [0, 0.05) is 18.3 Å². The Kier molecular flexibility index (Phi) is 6.56. The minimum absolute atomic E-state index is 0.0520. The number of aryl methyl sites for hydroxylation is 2. The first kappa shape index (κ1) is 18.5. The molecule has 2 N–H and O–H groups in total. The van der Waals surface area contributed by atoms with Gasteiger partial charge < -0.3 is 20.1 Å². The zero-order valence-corrected chi connectivity index (χ0v) is 14.8. The van der Waals surface area contributed by atoms with E-state index in [0.29, 0.717) is 12.4 Å². The van der Waals surface area contributed by atoms with Crippen molar-refractivity contribution >= 4 is 23.4 Å². The molecule has 7 nitrogen and oxygen atoms in total. The fourth-order valence-corrected chi connectivity index (χ4v) is 2.43. The molecule has 0 unspecified atom stereocenters. The number of amides is 3. The standard InChI is InChI=1S/C18H24N4O3/c1-4-5-10-22(12-16(23)19-15-9-11-25-21-15)18(24)20-17-13(2)7-6-8-14(17)3/h6-9,11H,4-5,10,12H2,1-3H3,(H,20,24)(H,19,21,23). The summed E-state index contributed by atoms with van der Waals surface area (Å²) in [6, 6.07) is 7.08. The molecule has 7 heteroatoms. The first-order chi connectivity index (χ1) is 12.0. The van der Waals surface area contributed by atoms with Crippen molar-refractivity contribution < 1.29 is 14.1 Å². The van der Waals surface area contributed by atoms with Crippen LogP contribution in [0.4, 0.5) is 16.3 Å². The third kappa shape index (κ3) is 5.34. The lowest BCUT2D eigenvalue weighted by Crippen LogP contribution is -2.41. The number of carbonyl (C=O) groups excluding carboxylic acids is 2. The lowest BCUT2D eigenvalue weighted by molar-refractivity contribution is -0.116. The molecule has 2 aromatic rings. The molecular formula is C18H24N4O3. The van der Waals surface area contributed by atoms with Crippen LogP contribution in [0.2, 0.25) is 0 Å². The summed E-state index contributed by atoms with van der Waals surface area (Å²) in [5, 5.41) is 9.16. The van der Waals surface area contributed by atoms with Gasteiger partial charge in [-0.2, -0.15) is 0 Å². The number of anilines is 2. The summed E-state index contributed by atoms with van der Waals surface area (Å²) in [6.45, 7) is 6.37. The van der Waals surface area contributed by atoms with Crippen LogP contribution in [0.3, 0.4) is 0 Å². The van der Waals surface area contributed by atoms with Crippen LogP contribution in [0.5, 0.6) is 0 Å². The molecule has 0 radical (unpaired) electrons. The van der Waals surface area contributed by atoms with Gasteiger partial charge in [-0.05, 0) is 31.4 Å². The van der Waals surface area contributed by atoms with Crippen LogP contribution >= 0.6 is 0 Å². The molecule has 0 saturated carbocycles. The average molecular weight is 344 g/mol. The molecule has 134 valence electrons. The number of carbonyl (C=O) groups is 2. The normalized spacial score (nSPS) is 10.4. The molecular weight excluding hydrogens is 320 g/mol. The highest BCUT2D eigenvalue weighted by molar-refractivity contribution is 5.97. The second kappa shape index (κ2) is 8.86. The van der Waals surface area contributed by atoms with Gasteiger partial charge in [0.15, 0.2) is 5.82 Å². The van der Waals surface area contributed by atoms with Gasteiger partial charge in [-0.3, -0.25) is 4.79 Å². The fraction of sp³-hybridized carbons (Fsp3) is 0.389. The highest BCUT2D eigenvalue weighted by Gasteiger charge is 2.18. The van der Waals surface area contributed by atoms with Crippen molar-refractivity contribution in [3.8, 4) is 0 Å². The highest BCUT2D eigenvalue weighted by atomic mass is 16.5. The van der Waals surface area contributed by atoms with Gasteiger partial charge in [0.05, 0.1) is 0 Å². The van der Waals surface area contributed by atoms with Crippen molar-refractivity contribution in [1.82, 2.24) is 10.1 Å². The number of para-hydroxylation sites is 1. The Bertz CT molecular complexity index is 693. The zero-order valence-electron chi connectivity index (χ0n) is 14.8. The Morgan fingerprint density at radius 2 is 1.88 bits per heavy atom. The summed E-state index contributed by atoms with van der Waals surface area (Å²) < 4.78 is 4.68.